The first-order chi connectivity index (χ1) is 6.36. The van der Waals surface area contributed by atoms with E-state index in [1.807, 2.05) is 0 Å². The highest BCUT2D eigenvalue weighted by atomic mass is 32.2. The van der Waals surface area contributed by atoms with E-state index >= 15 is 0 Å². The topological polar surface area (TPSA) is 26.0 Å². The Balaban J connectivity index is 2.40. The van der Waals surface area contributed by atoms with Gasteiger partial charge in [0.25, 0.3) is 0 Å². The van der Waals surface area contributed by atoms with E-state index in [-0.39, 0.29) is 0 Å². The summed E-state index contributed by atoms with van der Waals surface area (Å²) in [4.78, 5) is 1.34. The van der Waals surface area contributed by atoms with Crippen LogP contribution < -0.4 is 5.73 Å². The largest absolute Gasteiger partial charge is 0.330 e. The number of nitrogens with two attached hydrogens (primary N) is 1. The second-order valence-corrected chi connectivity index (χ2v) is 3.97. The van der Waals surface area contributed by atoms with Gasteiger partial charge in [0.05, 0.1) is 0 Å². The van der Waals surface area contributed by atoms with Gasteiger partial charge in [0, 0.05) is 4.90 Å². The first-order valence-electron chi connectivity index (χ1n) is 4.70. The molecule has 1 rings (SSSR count). The van der Waals surface area contributed by atoms with Crippen LogP contribution in [0.5, 0.6) is 0 Å². The number of thioether (sulfide) groups is 1. The Bertz CT molecular complexity index is 230. The molecule has 0 spiro atoms. The van der Waals surface area contributed by atoms with Crippen LogP contribution in [0.25, 0.3) is 0 Å². The van der Waals surface area contributed by atoms with Gasteiger partial charge in [-0.2, -0.15) is 0 Å². The van der Waals surface area contributed by atoms with Gasteiger partial charge in [-0.05, 0) is 49.8 Å². The van der Waals surface area contributed by atoms with Crippen LogP contribution in [0.15, 0.2) is 29.2 Å². The normalized spacial score (nSPS) is 10.3. The molecule has 0 aliphatic carbocycles. The zero-order valence-corrected chi connectivity index (χ0v) is 8.94. The molecule has 0 saturated carbocycles. The molecule has 0 atom stereocenters. The average molecular weight is 195 g/mol. The lowest BCUT2D eigenvalue weighted by Gasteiger charge is -2.01. The van der Waals surface area contributed by atoms with Crippen molar-refractivity contribution in [2.24, 2.45) is 5.73 Å². The summed E-state index contributed by atoms with van der Waals surface area (Å²) in [6, 6.07) is 8.79. The minimum absolute atomic E-state index is 0.808. The van der Waals surface area contributed by atoms with E-state index < -0.39 is 0 Å². The van der Waals surface area contributed by atoms with Gasteiger partial charge in [0.2, 0.25) is 0 Å². The van der Waals surface area contributed by atoms with E-state index in [4.69, 9.17) is 5.73 Å². The van der Waals surface area contributed by atoms with Gasteiger partial charge >= 0.3 is 0 Å². The molecule has 1 nitrogen and oxygen atoms in total. The van der Waals surface area contributed by atoms with E-state index in [1.165, 1.54) is 16.9 Å². The Morgan fingerprint density at radius 3 is 2.38 bits per heavy atom. The SMILES string of the molecule is CSc1ccc(CCCCN)cc1. The van der Waals surface area contributed by atoms with E-state index in [1.54, 1.807) is 11.8 Å². The first kappa shape index (κ1) is 10.6. The fourth-order valence-electron chi connectivity index (χ4n) is 1.27. The Morgan fingerprint density at radius 1 is 1.15 bits per heavy atom. The fraction of sp³-hybridized carbons (Fsp3) is 0.455. The Morgan fingerprint density at radius 2 is 1.85 bits per heavy atom. The lowest BCUT2D eigenvalue weighted by molar-refractivity contribution is 0.744. The zero-order valence-electron chi connectivity index (χ0n) is 8.12. The third-order valence-electron chi connectivity index (χ3n) is 2.08. The van der Waals surface area contributed by atoms with Crippen LogP contribution in [-0.4, -0.2) is 12.8 Å². The van der Waals surface area contributed by atoms with Gasteiger partial charge in [-0.15, -0.1) is 11.8 Å². The second kappa shape index (κ2) is 6.06. The summed E-state index contributed by atoms with van der Waals surface area (Å²) in [5, 5.41) is 0. The molecule has 0 aromatic heterocycles. The van der Waals surface area contributed by atoms with Gasteiger partial charge in [-0.25, -0.2) is 0 Å². The standard InChI is InChI=1S/C11H17NS/c1-13-11-7-5-10(6-8-11)4-2-3-9-12/h5-8H,2-4,9,12H2,1H3. The molecule has 72 valence electrons. The predicted octanol–water partition coefficient (Wildman–Crippen LogP) is 2.69. The smallest absolute Gasteiger partial charge is 0.00693 e. The summed E-state index contributed by atoms with van der Waals surface area (Å²) in [5.74, 6) is 0. The average Bonchev–Trinajstić information content (AvgIpc) is 2.19. The lowest BCUT2D eigenvalue weighted by Crippen LogP contribution is -1.98. The number of unbranched alkanes of at least 4 members (excludes halogenated alkanes) is 1. The fourth-order valence-corrected chi connectivity index (χ4v) is 1.67. The third-order valence-corrected chi connectivity index (χ3v) is 2.82. The molecule has 0 radical (unpaired) electrons. The summed E-state index contributed by atoms with van der Waals surface area (Å²) >= 11 is 1.79. The predicted molar refractivity (Wildman–Crippen MR) is 60.2 cm³/mol. The molecule has 0 bridgehead atoms. The summed E-state index contributed by atoms with van der Waals surface area (Å²) < 4.78 is 0. The molecule has 0 aliphatic rings. The first-order valence-corrected chi connectivity index (χ1v) is 5.92. The van der Waals surface area contributed by atoms with Crippen molar-refractivity contribution in [1.82, 2.24) is 0 Å². The van der Waals surface area contributed by atoms with Crippen molar-refractivity contribution < 1.29 is 0 Å². The lowest BCUT2D eigenvalue weighted by atomic mass is 10.1. The van der Waals surface area contributed by atoms with Crippen molar-refractivity contribution in [1.29, 1.82) is 0 Å². The van der Waals surface area contributed by atoms with Gasteiger partial charge in [-0.3, -0.25) is 0 Å². The number of benzene rings is 1. The van der Waals surface area contributed by atoms with Crippen molar-refractivity contribution in [3.05, 3.63) is 29.8 Å². The Kier molecular flexibility index (Phi) is 4.94. The van der Waals surface area contributed by atoms with Crippen LogP contribution in [0, 0.1) is 0 Å². The van der Waals surface area contributed by atoms with Crippen LogP contribution in [0.1, 0.15) is 18.4 Å². The minimum atomic E-state index is 0.808. The van der Waals surface area contributed by atoms with Crippen LogP contribution >= 0.6 is 11.8 Å². The molecular formula is C11H17NS. The number of hydrogen-bond acceptors (Lipinski definition) is 2. The van der Waals surface area contributed by atoms with Gasteiger partial charge in [0.1, 0.15) is 0 Å². The van der Waals surface area contributed by atoms with Crippen molar-refractivity contribution in [3.63, 3.8) is 0 Å². The molecule has 0 saturated heterocycles. The van der Waals surface area contributed by atoms with Crippen LogP contribution in [-0.2, 0) is 6.42 Å². The summed E-state index contributed by atoms with van der Waals surface area (Å²) in [5.41, 5.74) is 6.86. The zero-order chi connectivity index (χ0) is 9.52. The molecule has 0 heterocycles. The van der Waals surface area contributed by atoms with Gasteiger partial charge < -0.3 is 5.73 Å². The number of aryl methyl sites for hydroxylation is 1. The van der Waals surface area contributed by atoms with E-state index in [0.717, 1.165) is 19.4 Å². The third kappa shape index (κ3) is 3.83. The van der Waals surface area contributed by atoms with E-state index in [0.29, 0.717) is 0 Å². The van der Waals surface area contributed by atoms with Gasteiger partial charge in [-0.1, -0.05) is 12.1 Å². The van der Waals surface area contributed by atoms with Gasteiger partial charge in [0.15, 0.2) is 0 Å². The maximum absolute atomic E-state index is 5.43. The Hall–Kier alpha value is -0.470. The van der Waals surface area contributed by atoms with Crippen LogP contribution in [0.3, 0.4) is 0 Å². The van der Waals surface area contributed by atoms with E-state index in [2.05, 4.69) is 30.5 Å². The molecule has 1 aromatic rings. The van der Waals surface area contributed by atoms with Crippen molar-refractivity contribution >= 4 is 11.8 Å². The second-order valence-electron chi connectivity index (χ2n) is 3.09. The molecule has 13 heavy (non-hydrogen) atoms. The van der Waals surface area contributed by atoms with Crippen LogP contribution in [0.4, 0.5) is 0 Å². The molecule has 2 heteroatoms. The highest BCUT2D eigenvalue weighted by Crippen LogP contribution is 2.15. The summed E-state index contributed by atoms with van der Waals surface area (Å²) in [7, 11) is 0. The molecule has 0 aliphatic heterocycles. The number of hydrogen-bond donors (Lipinski definition) is 1. The maximum Gasteiger partial charge on any atom is 0.00693 e. The van der Waals surface area contributed by atoms with E-state index in [9.17, 15) is 0 Å². The maximum atomic E-state index is 5.43. The number of rotatable bonds is 5. The molecule has 0 fully saturated rings. The van der Waals surface area contributed by atoms with Crippen molar-refractivity contribution in [2.45, 2.75) is 24.2 Å². The molecule has 0 amide bonds. The highest BCUT2D eigenvalue weighted by molar-refractivity contribution is 7.98. The minimum Gasteiger partial charge on any atom is -0.330 e. The summed E-state index contributed by atoms with van der Waals surface area (Å²) in [6.07, 6.45) is 5.59. The summed E-state index contributed by atoms with van der Waals surface area (Å²) in [6.45, 7) is 0.808. The monoisotopic (exact) mass is 195 g/mol. The van der Waals surface area contributed by atoms with Crippen molar-refractivity contribution in [2.75, 3.05) is 12.8 Å². The highest BCUT2D eigenvalue weighted by Gasteiger charge is 1.93. The molecule has 0 unspecified atom stereocenters. The molecule has 2 N–H and O–H groups in total. The molecule has 1 aromatic carbocycles. The quantitative estimate of drug-likeness (QED) is 0.577. The van der Waals surface area contributed by atoms with Crippen LogP contribution in [0.2, 0.25) is 0 Å². The molecular weight excluding hydrogens is 178 g/mol. The van der Waals surface area contributed by atoms with Crippen molar-refractivity contribution in [3.8, 4) is 0 Å². The Labute approximate surface area is 84.7 Å².